The number of sulfonamides is 1. The minimum absolute atomic E-state index is 0.379. The molecule has 0 atom stereocenters. The predicted octanol–water partition coefficient (Wildman–Crippen LogP) is 2.83. The maximum Gasteiger partial charge on any atom is 0.264 e. The lowest BCUT2D eigenvalue weighted by atomic mass is 10.1. The monoisotopic (exact) mass is 294 g/mol. The van der Waals surface area contributed by atoms with E-state index in [4.69, 9.17) is 5.73 Å². The molecule has 0 aliphatic carbocycles. The molecule has 3 N–H and O–H groups in total. The van der Waals surface area contributed by atoms with Crippen LogP contribution >= 0.6 is 0 Å². The second-order valence-corrected chi connectivity index (χ2v) is 6.22. The molecule has 0 amide bonds. The third kappa shape index (κ3) is 2.75. The number of hydrogen-bond acceptors (Lipinski definition) is 3. The Labute approximate surface area is 117 Å². The molecule has 20 heavy (non-hydrogen) atoms. The van der Waals surface area contributed by atoms with E-state index in [2.05, 4.69) is 4.72 Å². The molecule has 0 bridgehead atoms. The van der Waals surface area contributed by atoms with Crippen molar-refractivity contribution in [1.82, 2.24) is 0 Å². The summed E-state index contributed by atoms with van der Waals surface area (Å²) in [6, 6.07) is 8.56. The summed E-state index contributed by atoms with van der Waals surface area (Å²) < 4.78 is 40.5. The smallest absolute Gasteiger partial charge is 0.264 e. The summed E-state index contributed by atoms with van der Waals surface area (Å²) in [5, 5.41) is 0. The van der Waals surface area contributed by atoms with Crippen molar-refractivity contribution < 1.29 is 12.8 Å². The zero-order valence-electron chi connectivity index (χ0n) is 11.1. The number of rotatable bonds is 3. The van der Waals surface area contributed by atoms with Gasteiger partial charge >= 0.3 is 0 Å². The van der Waals surface area contributed by atoms with Crippen LogP contribution in [0, 0.1) is 19.7 Å². The van der Waals surface area contributed by atoms with E-state index in [0.29, 0.717) is 22.5 Å². The van der Waals surface area contributed by atoms with E-state index in [-0.39, 0.29) is 4.90 Å². The summed E-state index contributed by atoms with van der Waals surface area (Å²) in [6.07, 6.45) is 0. The molecule has 0 saturated heterocycles. The van der Waals surface area contributed by atoms with Crippen molar-refractivity contribution >= 4 is 21.4 Å². The Bertz CT molecular complexity index is 735. The van der Waals surface area contributed by atoms with Crippen LogP contribution in [0.2, 0.25) is 0 Å². The summed E-state index contributed by atoms with van der Waals surface area (Å²) in [6.45, 7) is 3.48. The Morgan fingerprint density at radius 1 is 1.10 bits per heavy atom. The topological polar surface area (TPSA) is 72.2 Å². The van der Waals surface area contributed by atoms with E-state index < -0.39 is 15.8 Å². The molecule has 0 fully saturated rings. The van der Waals surface area contributed by atoms with Crippen molar-refractivity contribution in [3.8, 4) is 0 Å². The number of halogens is 1. The van der Waals surface area contributed by atoms with Crippen LogP contribution in [0.25, 0.3) is 0 Å². The van der Waals surface area contributed by atoms with Crippen molar-refractivity contribution in [2.24, 2.45) is 0 Å². The highest BCUT2D eigenvalue weighted by atomic mass is 32.2. The van der Waals surface area contributed by atoms with Gasteiger partial charge in [0, 0.05) is 5.69 Å². The van der Waals surface area contributed by atoms with Crippen LogP contribution < -0.4 is 10.5 Å². The Balaban J connectivity index is 2.47. The van der Waals surface area contributed by atoms with Crippen molar-refractivity contribution in [3.05, 3.63) is 53.3 Å². The van der Waals surface area contributed by atoms with E-state index in [0.717, 1.165) is 6.07 Å². The van der Waals surface area contributed by atoms with E-state index >= 15 is 0 Å². The van der Waals surface area contributed by atoms with E-state index in [1.165, 1.54) is 18.2 Å². The Kier molecular flexibility index (Phi) is 3.67. The van der Waals surface area contributed by atoms with Gasteiger partial charge in [0.2, 0.25) is 0 Å². The molecule has 0 aliphatic rings. The zero-order chi connectivity index (χ0) is 14.9. The van der Waals surface area contributed by atoms with Crippen molar-refractivity contribution in [3.63, 3.8) is 0 Å². The summed E-state index contributed by atoms with van der Waals surface area (Å²) in [4.78, 5) is -0.379. The van der Waals surface area contributed by atoms with Gasteiger partial charge in [-0.3, -0.25) is 4.72 Å². The highest BCUT2D eigenvalue weighted by Gasteiger charge is 2.20. The number of nitrogens with one attached hydrogen (secondary N) is 1. The molecule has 0 aliphatic heterocycles. The molecular formula is C14H15FN2O2S. The molecular weight excluding hydrogens is 279 g/mol. The van der Waals surface area contributed by atoms with Crippen LogP contribution in [0.3, 0.4) is 0 Å². The highest BCUT2D eigenvalue weighted by molar-refractivity contribution is 7.92. The minimum Gasteiger partial charge on any atom is -0.399 e. The predicted molar refractivity (Wildman–Crippen MR) is 77.5 cm³/mol. The zero-order valence-corrected chi connectivity index (χ0v) is 12.0. The summed E-state index contributed by atoms with van der Waals surface area (Å²) in [5.41, 5.74) is 8.02. The summed E-state index contributed by atoms with van der Waals surface area (Å²) in [7, 11) is -3.97. The van der Waals surface area contributed by atoms with Gasteiger partial charge in [-0.1, -0.05) is 12.1 Å². The van der Waals surface area contributed by atoms with Crippen molar-refractivity contribution in [1.29, 1.82) is 0 Å². The van der Waals surface area contributed by atoms with Gasteiger partial charge in [-0.25, -0.2) is 12.8 Å². The van der Waals surface area contributed by atoms with Crippen molar-refractivity contribution in [2.75, 3.05) is 10.5 Å². The maximum absolute atomic E-state index is 13.6. The van der Waals surface area contributed by atoms with Crippen LogP contribution in [0.5, 0.6) is 0 Å². The molecule has 2 aromatic rings. The Morgan fingerprint density at radius 2 is 1.65 bits per heavy atom. The molecule has 0 unspecified atom stereocenters. The van der Waals surface area contributed by atoms with Crippen LogP contribution in [-0.2, 0) is 10.0 Å². The third-order valence-corrected chi connectivity index (χ3v) is 4.30. The first-order valence-electron chi connectivity index (χ1n) is 5.95. The number of benzene rings is 2. The average Bonchev–Trinajstić information content (AvgIpc) is 2.34. The highest BCUT2D eigenvalue weighted by Crippen LogP contribution is 2.26. The van der Waals surface area contributed by atoms with Crippen LogP contribution in [0.1, 0.15) is 11.1 Å². The molecule has 2 aromatic carbocycles. The third-order valence-electron chi connectivity index (χ3n) is 2.92. The SMILES string of the molecule is Cc1cc(N)cc(C)c1NS(=O)(=O)c1ccccc1F. The average molecular weight is 294 g/mol. The van der Waals surface area contributed by atoms with Gasteiger partial charge in [-0.2, -0.15) is 0 Å². The molecule has 106 valence electrons. The maximum atomic E-state index is 13.6. The second-order valence-electron chi connectivity index (χ2n) is 4.57. The number of anilines is 2. The van der Waals surface area contributed by atoms with Gasteiger partial charge in [0.15, 0.2) is 0 Å². The quantitative estimate of drug-likeness (QED) is 0.855. The molecule has 0 saturated carbocycles. The minimum atomic E-state index is -3.97. The number of hydrogen-bond donors (Lipinski definition) is 2. The molecule has 0 heterocycles. The lowest BCUT2D eigenvalue weighted by Gasteiger charge is -2.14. The van der Waals surface area contributed by atoms with Gasteiger partial charge in [0.25, 0.3) is 10.0 Å². The fourth-order valence-corrected chi connectivity index (χ4v) is 3.29. The summed E-state index contributed by atoms with van der Waals surface area (Å²) in [5.74, 6) is -0.786. The molecule has 0 spiro atoms. The fourth-order valence-electron chi connectivity index (χ4n) is 2.01. The lowest BCUT2D eigenvalue weighted by Crippen LogP contribution is -2.16. The molecule has 0 radical (unpaired) electrons. The van der Waals surface area contributed by atoms with Crippen molar-refractivity contribution in [2.45, 2.75) is 18.7 Å². The van der Waals surface area contributed by atoms with E-state index in [9.17, 15) is 12.8 Å². The first-order valence-corrected chi connectivity index (χ1v) is 7.43. The van der Waals surface area contributed by atoms with Gasteiger partial charge in [0.1, 0.15) is 10.7 Å². The van der Waals surface area contributed by atoms with Crippen LogP contribution in [0.4, 0.5) is 15.8 Å². The fraction of sp³-hybridized carbons (Fsp3) is 0.143. The molecule has 0 aromatic heterocycles. The molecule has 2 rings (SSSR count). The van der Waals surface area contributed by atoms with E-state index in [1.54, 1.807) is 26.0 Å². The van der Waals surface area contributed by atoms with Crippen LogP contribution in [-0.4, -0.2) is 8.42 Å². The number of nitrogen functional groups attached to an aromatic ring is 1. The van der Waals surface area contributed by atoms with Gasteiger partial charge in [-0.05, 0) is 49.2 Å². The lowest BCUT2D eigenvalue weighted by molar-refractivity contribution is 0.570. The summed E-state index contributed by atoms with van der Waals surface area (Å²) >= 11 is 0. The molecule has 6 heteroatoms. The number of nitrogens with two attached hydrogens (primary N) is 1. The van der Waals surface area contributed by atoms with Gasteiger partial charge in [0.05, 0.1) is 5.69 Å². The van der Waals surface area contributed by atoms with Gasteiger partial charge < -0.3 is 5.73 Å². The Hall–Kier alpha value is -2.08. The first-order chi connectivity index (χ1) is 9.31. The Morgan fingerprint density at radius 3 is 2.20 bits per heavy atom. The number of aryl methyl sites for hydroxylation is 2. The largest absolute Gasteiger partial charge is 0.399 e. The van der Waals surface area contributed by atoms with Crippen LogP contribution in [0.15, 0.2) is 41.3 Å². The molecule has 4 nitrogen and oxygen atoms in total. The van der Waals surface area contributed by atoms with E-state index in [1.807, 2.05) is 0 Å². The normalized spacial score (nSPS) is 11.3. The first kappa shape index (κ1) is 14.3. The second kappa shape index (κ2) is 5.13. The standard InChI is InChI=1S/C14H15FN2O2S/c1-9-7-11(16)8-10(2)14(9)17-20(18,19)13-6-4-3-5-12(13)15/h3-8,17H,16H2,1-2H3. The van der Waals surface area contributed by atoms with Gasteiger partial charge in [-0.15, -0.1) is 0 Å².